The SMILES string of the molecule is O=C(O)N(Cl)CCC[CH2][Na]. The average molecular weight is 174 g/mol. The Morgan fingerprint density at radius 3 is 2.60 bits per heavy atom. The van der Waals surface area contributed by atoms with E-state index in [0.29, 0.717) is 6.54 Å². The molecule has 0 aromatic rings. The van der Waals surface area contributed by atoms with Gasteiger partial charge in [0.25, 0.3) is 0 Å². The summed E-state index contributed by atoms with van der Waals surface area (Å²) in [5, 5.41) is 8.28. The summed E-state index contributed by atoms with van der Waals surface area (Å²) in [5.74, 6) is 0. The minimum absolute atomic E-state index is 0.444. The molecule has 0 rings (SSSR count). The van der Waals surface area contributed by atoms with Gasteiger partial charge in [-0.3, -0.25) is 0 Å². The number of rotatable bonds is 4. The Morgan fingerprint density at radius 2 is 2.20 bits per heavy atom. The summed E-state index contributed by atoms with van der Waals surface area (Å²) >= 11 is 6.48. The molecule has 0 aromatic carbocycles. The molecule has 0 aliphatic rings. The zero-order valence-electron chi connectivity index (χ0n) is 6.01. The fourth-order valence-electron chi connectivity index (χ4n) is 0.596. The van der Waals surface area contributed by atoms with E-state index in [1.54, 1.807) is 0 Å². The van der Waals surface area contributed by atoms with Crippen molar-refractivity contribution in [3.8, 4) is 0 Å². The van der Waals surface area contributed by atoms with E-state index in [4.69, 9.17) is 16.9 Å². The first kappa shape index (κ1) is 10.6. The molecule has 3 nitrogen and oxygen atoms in total. The van der Waals surface area contributed by atoms with Crippen molar-refractivity contribution in [2.24, 2.45) is 0 Å². The van der Waals surface area contributed by atoms with E-state index in [1.807, 2.05) is 0 Å². The average Bonchev–Trinajstić information content (AvgIpc) is 1.88. The summed E-state index contributed by atoms with van der Waals surface area (Å²) in [6.07, 6.45) is 0.900. The number of halogens is 1. The van der Waals surface area contributed by atoms with Crippen LogP contribution in [0.4, 0.5) is 4.79 Å². The van der Waals surface area contributed by atoms with Gasteiger partial charge in [-0.05, 0) is 0 Å². The van der Waals surface area contributed by atoms with Crippen molar-refractivity contribution in [3.63, 3.8) is 0 Å². The molecule has 0 radical (unpaired) electrons. The fourth-order valence-corrected chi connectivity index (χ4v) is 1.22. The van der Waals surface area contributed by atoms with Gasteiger partial charge >= 0.3 is 83.2 Å². The van der Waals surface area contributed by atoms with E-state index in [1.165, 1.54) is 31.6 Å². The molecule has 0 atom stereocenters. The summed E-state index contributed by atoms with van der Waals surface area (Å²) in [6.45, 7) is 0.444. The van der Waals surface area contributed by atoms with Gasteiger partial charge in [0.15, 0.2) is 0 Å². The van der Waals surface area contributed by atoms with Crippen molar-refractivity contribution >= 4 is 45.8 Å². The maximum atomic E-state index is 10.1. The Bertz CT molecular complexity index is 112. The van der Waals surface area contributed by atoms with Crippen LogP contribution in [0.1, 0.15) is 12.8 Å². The topological polar surface area (TPSA) is 40.5 Å². The molecule has 1 amide bonds. The number of carbonyl (C=O) groups is 1. The van der Waals surface area contributed by atoms with Crippen molar-refractivity contribution in [1.82, 2.24) is 4.42 Å². The molecule has 1 N–H and O–H groups in total. The van der Waals surface area contributed by atoms with Crippen LogP contribution >= 0.6 is 11.8 Å². The first-order valence-electron chi connectivity index (χ1n) is 3.34. The van der Waals surface area contributed by atoms with E-state index in [2.05, 4.69) is 0 Å². The third kappa shape index (κ3) is 5.35. The van der Waals surface area contributed by atoms with Crippen LogP contribution in [0.2, 0.25) is 3.67 Å². The van der Waals surface area contributed by atoms with Gasteiger partial charge in [-0.15, -0.1) is 0 Å². The number of unbranched alkanes of at least 4 members (excludes halogenated alkanes) is 1. The Kier molecular flexibility index (Phi) is 6.63. The molecule has 10 heavy (non-hydrogen) atoms. The summed E-state index contributed by atoms with van der Waals surface area (Å²) in [5.41, 5.74) is 0. The van der Waals surface area contributed by atoms with E-state index in [9.17, 15) is 4.79 Å². The minimum atomic E-state index is -1.06. The van der Waals surface area contributed by atoms with Crippen LogP contribution in [0.5, 0.6) is 0 Å². The first-order valence-corrected chi connectivity index (χ1v) is 5.10. The second-order valence-electron chi connectivity index (χ2n) is 2.08. The molecule has 0 aliphatic heterocycles. The van der Waals surface area contributed by atoms with E-state index in [-0.39, 0.29) is 0 Å². The van der Waals surface area contributed by atoms with Gasteiger partial charge in [0.2, 0.25) is 0 Å². The molecule has 0 fully saturated rings. The Hall–Kier alpha value is 0.560. The third-order valence-corrected chi connectivity index (χ3v) is 2.19. The first-order chi connectivity index (χ1) is 4.68. The number of carboxylic acid groups (broad SMARTS) is 1. The predicted octanol–water partition coefficient (Wildman–Crippen LogP) is 1.49. The van der Waals surface area contributed by atoms with Crippen LogP contribution in [-0.4, -0.2) is 50.1 Å². The van der Waals surface area contributed by atoms with E-state index in [0.717, 1.165) is 17.3 Å². The third-order valence-electron chi connectivity index (χ3n) is 1.17. The molecule has 5 heteroatoms. The zero-order valence-corrected chi connectivity index (χ0v) is 8.76. The van der Waals surface area contributed by atoms with Crippen LogP contribution in [0, 0.1) is 0 Å². The van der Waals surface area contributed by atoms with Crippen molar-refractivity contribution in [1.29, 1.82) is 0 Å². The molecule has 0 aromatic heterocycles. The van der Waals surface area contributed by atoms with E-state index >= 15 is 0 Å². The zero-order chi connectivity index (χ0) is 7.98. The van der Waals surface area contributed by atoms with Gasteiger partial charge in [0.05, 0.1) is 0 Å². The maximum absolute atomic E-state index is 10.1. The van der Waals surface area contributed by atoms with Crippen LogP contribution in [0.3, 0.4) is 0 Å². The van der Waals surface area contributed by atoms with Crippen molar-refractivity contribution < 1.29 is 9.90 Å². The van der Waals surface area contributed by atoms with E-state index < -0.39 is 6.09 Å². The van der Waals surface area contributed by atoms with Crippen LogP contribution in [0.25, 0.3) is 0 Å². The summed E-state index contributed by atoms with van der Waals surface area (Å²) in [6, 6.07) is 0. The van der Waals surface area contributed by atoms with Crippen molar-refractivity contribution in [2.75, 3.05) is 6.54 Å². The Morgan fingerprint density at radius 1 is 1.60 bits per heavy atom. The monoisotopic (exact) mass is 173 g/mol. The number of hydrogen-bond donors (Lipinski definition) is 1. The standard InChI is InChI=1S/C5H9ClNO2.Na/c1-2-3-4-7(6)5(8)9;/h1-4H2,(H,8,9);. The van der Waals surface area contributed by atoms with Gasteiger partial charge in [0, 0.05) is 0 Å². The second kappa shape index (κ2) is 6.28. The number of nitrogens with zero attached hydrogens (tertiary/aromatic N) is 1. The Labute approximate surface area is 82.9 Å². The summed E-state index contributed by atoms with van der Waals surface area (Å²) in [7, 11) is 0. The molecular weight excluding hydrogens is 165 g/mol. The molecular formula is C5H9ClNNaO2. The number of hydrogen-bond acceptors (Lipinski definition) is 1. The normalized spacial score (nSPS) is 9.50. The predicted molar refractivity (Wildman–Crippen MR) is 40.4 cm³/mol. The molecule has 0 spiro atoms. The molecule has 0 aliphatic carbocycles. The van der Waals surface area contributed by atoms with Gasteiger partial charge < -0.3 is 0 Å². The molecule has 0 bridgehead atoms. The van der Waals surface area contributed by atoms with Crippen LogP contribution in [0.15, 0.2) is 0 Å². The molecule has 0 heterocycles. The summed E-state index contributed by atoms with van der Waals surface area (Å²) < 4.78 is 2.02. The fraction of sp³-hybridized carbons (Fsp3) is 0.800. The number of amides is 1. The van der Waals surface area contributed by atoms with Crippen molar-refractivity contribution in [2.45, 2.75) is 16.5 Å². The van der Waals surface area contributed by atoms with Gasteiger partial charge in [0.1, 0.15) is 0 Å². The van der Waals surface area contributed by atoms with Crippen molar-refractivity contribution in [3.05, 3.63) is 0 Å². The van der Waals surface area contributed by atoms with Gasteiger partial charge in [-0.1, -0.05) is 0 Å². The van der Waals surface area contributed by atoms with Crippen LogP contribution < -0.4 is 0 Å². The van der Waals surface area contributed by atoms with Gasteiger partial charge in [-0.2, -0.15) is 0 Å². The second-order valence-corrected chi connectivity index (χ2v) is 3.48. The van der Waals surface area contributed by atoms with Crippen LogP contribution in [-0.2, 0) is 0 Å². The molecule has 0 unspecified atom stereocenters. The molecule has 54 valence electrons. The molecule has 0 saturated carbocycles. The Balaban J connectivity index is 3.21. The summed E-state index contributed by atoms with van der Waals surface area (Å²) in [4.78, 5) is 10.1. The van der Waals surface area contributed by atoms with Gasteiger partial charge in [-0.25, -0.2) is 0 Å². The quantitative estimate of drug-likeness (QED) is 0.398. The molecule has 0 saturated heterocycles.